The lowest BCUT2D eigenvalue weighted by atomic mass is 10.0. The number of benzene rings is 2. The van der Waals surface area contributed by atoms with Crippen LogP contribution in [0.25, 0.3) is 0 Å². The van der Waals surface area contributed by atoms with Gasteiger partial charge in [-0.25, -0.2) is 8.42 Å². The molecule has 0 radical (unpaired) electrons. The van der Waals surface area contributed by atoms with Gasteiger partial charge in [0.2, 0.25) is 10.0 Å². The van der Waals surface area contributed by atoms with E-state index in [0.717, 1.165) is 36.1 Å². The van der Waals surface area contributed by atoms with E-state index < -0.39 is 10.0 Å². The number of para-hydroxylation sites is 1. The molecule has 6 heteroatoms. The molecule has 0 aromatic heterocycles. The van der Waals surface area contributed by atoms with Gasteiger partial charge in [0, 0.05) is 17.8 Å². The van der Waals surface area contributed by atoms with Gasteiger partial charge in [-0.15, -0.1) is 0 Å². The highest BCUT2D eigenvalue weighted by atomic mass is 32.2. The Morgan fingerprint density at radius 3 is 2.19 bits per heavy atom. The maximum atomic E-state index is 12.7. The zero-order chi connectivity index (χ0) is 19.4. The average Bonchev–Trinajstić information content (AvgIpc) is 2.68. The fourth-order valence-corrected chi connectivity index (χ4v) is 5.09. The van der Waals surface area contributed by atoms with Crippen molar-refractivity contribution in [2.45, 2.75) is 39.5 Å². The summed E-state index contributed by atoms with van der Waals surface area (Å²) in [6.07, 6.45) is 3.25. The number of rotatable bonds is 5. The molecule has 1 amide bonds. The summed E-state index contributed by atoms with van der Waals surface area (Å²) >= 11 is 0. The zero-order valence-electron chi connectivity index (χ0n) is 15.9. The first-order chi connectivity index (χ1) is 13.0. The lowest BCUT2D eigenvalue weighted by molar-refractivity contribution is 0.102. The van der Waals surface area contributed by atoms with Gasteiger partial charge in [0.15, 0.2) is 0 Å². The number of amides is 1. The van der Waals surface area contributed by atoms with E-state index in [0.29, 0.717) is 24.2 Å². The number of hydrogen-bond donors (Lipinski definition) is 1. The number of anilines is 2. The van der Waals surface area contributed by atoms with Crippen molar-refractivity contribution in [2.75, 3.05) is 21.9 Å². The van der Waals surface area contributed by atoms with Gasteiger partial charge in [-0.05, 0) is 61.1 Å². The fraction of sp³-hybridized carbons (Fsp3) is 0.381. The molecular formula is C21H26N2O3S. The summed E-state index contributed by atoms with van der Waals surface area (Å²) in [7, 11) is -3.24. The van der Waals surface area contributed by atoms with Crippen molar-refractivity contribution in [1.82, 2.24) is 0 Å². The SMILES string of the molecule is CCc1cccc(CC)c1NC(=O)c1ccc(N2CCCCS2(=O)=O)cc1. The van der Waals surface area contributed by atoms with Gasteiger partial charge in [-0.2, -0.15) is 0 Å². The van der Waals surface area contributed by atoms with E-state index >= 15 is 0 Å². The highest BCUT2D eigenvalue weighted by Gasteiger charge is 2.26. The van der Waals surface area contributed by atoms with Crippen molar-refractivity contribution in [2.24, 2.45) is 0 Å². The first-order valence-corrected chi connectivity index (χ1v) is 11.1. The molecule has 0 saturated carbocycles. The Balaban J connectivity index is 1.81. The van der Waals surface area contributed by atoms with Crippen LogP contribution in [0.15, 0.2) is 42.5 Å². The first-order valence-electron chi connectivity index (χ1n) is 9.49. The standard InChI is InChI=1S/C21H26N2O3S/c1-3-16-8-7-9-17(4-2)20(16)22-21(24)18-10-12-19(13-11-18)23-14-5-6-15-27(23,25)26/h7-13H,3-6,14-15H2,1-2H3,(H,22,24). The maximum Gasteiger partial charge on any atom is 0.255 e. The Morgan fingerprint density at radius 2 is 1.63 bits per heavy atom. The van der Waals surface area contributed by atoms with Gasteiger partial charge in [-0.3, -0.25) is 9.10 Å². The first kappa shape index (κ1) is 19.4. The molecule has 0 aliphatic carbocycles. The fourth-order valence-electron chi connectivity index (χ4n) is 3.45. The summed E-state index contributed by atoms with van der Waals surface area (Å²) < 4.78 is 25.9. The number of hydrogen-bond acceptors (Lipinski definition) is 3. The molecule has 1 heterocycles. The number of sulfonamides is 1. The van der Waals surface area contributed by atoms with E-state index in [1.165, 1.54) is 4.31 Å². The molecule has 2 aromatic carbocycles. The van der Waals surface area contributed by atoms with Gasteiger partial charge in [0.05, 0.1) is 11.4 Å². The second-order valence-corrected chi connectivity index (χ2v) is 8.77. The van der Waals surface area contributed by atoms with Gasteiger partial charge < -0.3 is 5.32 Å². The summed E-state index contributed by atoms with van der Waals surface area (Å²) in [6, 6.07) is 12.9. The van der Waals surface area contributed by atoms with Gasteiger partial charge in [0.1, 0.15) is 0 Å². The minimum absolute atomic E-state index is 0.182. The molecule has 1 N–H and O–H groups in total. The van der Waals surface area contributed by atoms with Gasteiger partial charge in [0.25, 0.3) is 5.91 Å². The van der Waals surface area contributed by atoms with Gasteiger partial charge >= 0.3 is 0 Å². The smallest absolute Gasteiger partial charge is 0.255 e. The average molecular weight is 387 g/mol. The zero-order valence-corrected chi connectivity index (χ0v) is 16.7. The second-order valence-electron chi connectivity index (χ2n) is 6.75. The van der Waals surface area contributed by atoms with Crippen LogP contribution in [0.3, 0.4) is 0 Å². The molecule has 1 saturated heterocycles. The van der Waals surface area contributed by atoms with Crippen LogP contribution in [-0.4, -0.2) is 26.6 Å². The minimum atomic E-state index is -3.24. The number of carbonyl (C=O) groups is 1. The van der Waals surface area contributed by atoms with Crippen LogP contribution in [0.2, 0.25) is 0 Å². The Kier molecular flexibility index (Phi) is 5.85. The highest BCUT2D eigenvalue weighted by molar-refractivity contribution is 7.92. The Morgan fingerprint density at radius 1 is 1.00 bits per heavy atom. The number of nitrogens with zero attached hydrogens (tertiary/aromatic N) is 1. The summed E-state index contributed by atoms with van der Waals surface area (Å²) in [5.74, 6) is 0.00156. The molecule has 5 nitrogen and oxygen atoms in total. The molecule has 2 aromatic rings. The van der Waals surface area contributed by atoms with Crippen LogP contribution in [0.1, 0.15) is 48.2 Å². The van der Waals surface area contributed by atoms with E-state index in [9.17, 15) is 13.2 Å². The predicted octanol–water partition coefficient (Wildman–Crippen LogP) is 3.99. The summed E-state index contributed by atoms with van der Waals surface area (Å²) in [4.78, 5) is 12.7. The van der Waals surface area contributed by atoms with Crippen LogP contribution in [0.4, 0.5) is 11.4 Å². The lowest BCUT2D eigenvalue weighted by Crippen LogP contribution is -2.37. The monoisotopic (exact) mass is 386 g/mol. The molecule has 1 aliphatic heterocycles. The third-order valence-electron chi connectivity index (χ3n) is 5.00. The molecule has 0 bridgehead atoms. The minimum Gasteiger partial charge on any atom is -0.321 e. The topological polar surface area (TPSA) is 66.5 Å². The predicted molar refractivity (Wildman–Crippen MR) is 110 cm³/mol. The maximum absolute atomic E-state index is 12.7. The molecule has 3 rings (SSSR count). The highest BCUT2D eigenvalue weighted by Crippen LogP contribution is 2.26. The van der Waals surface area contributed by atoms with Crippen molar-refractivity contribution in [1.29, 1.82) is 0 Å². The van der Waals surface area contributed by atoms with Crippen molar-refractivity contribution in [3.8, 4) is 0 Å². The Labute approximate surface area is 161 Å². The number of nitrogens with one attached hydrogen (secondary N) is 1. The van der Waals surface area contributed by atoms with Crippen LogP contribution >= 0.6 is 0 Å². The third-order valence-corrected chi connectivity index (χ3v) is 6.87. The number of aryl methyl sites for hydroxylation is 2. The van der Waals surface area contributed by atoms with E-state index in [2.05, 4.69) is 19.2 Å². The second kappa shape index (κ2) is 8.13. The molecular weight excluding hydrogens is 360 g/mol. The molecule has 0 unspecified atom stereocenters. The van der Waals surface area contributed by atoms with Crippen molar-refractivity contribution < 1.29 is 13.2 Å². The summed E-state index contributed by atoms with van der Waals surface area (Å²) in [5.41, 5.74) is 4.24. The van der Waals surface area contributed by atoms with Crippen molar-refractivity contribution in [3.05, 3.63) is 59.2 Å². The summed E-state index contributed by atoms with van der Waals surface area (Å²) in [5, 5.41) is 3.04. The van der Waals surface area contributed by atoms with Crippen molar-refractivity contribution in [3.63, 3.8) is 0 Å². The lowest BCUT2D eigenvalue weighted by Gasteiger charge is -2.28. The van der Waals surface area contributed by atoms with Gasteiger partial charge in [-0.1, -0.05) is 32.0 Å². The summed E-state index contributed by atoms with van der Waals surface area (Å²) in [6.45, 7) is 4.63. The Bertz CT molecular complexity index is 899. The molecule has 1 fully saturated rings. The molecule has 1 aliphatic rings. The Hall–Kier alpha value is -2.34. The normalized spacial score (nSPS) is 16.1. The van der Waals surface area contributed by atoms with Crippen LogP contribution in [0, 0.1) is 0 Å². The molecule has 27 heavy (non-hydrogen) atoms. The van der Waals surface area contributed by atoms with E-state index in [4.69, 9.17) is 0 Å². The van der Waals surface area contributed by atoms with E-state index in [1.807, 2.05) is 18.2 Å². The number of carbonyl (C=O) groups excluding carboxylic acids is 1. The molecule has 0 atom stereocenters. The van der Waals surface area contributed by atoms with Crippen LogP contribution in [0.5, 0.6) is 0 Å². The largest absolute Gasteiger partial charge is 0.321 e. The van der Waals surface area contributed by atoms with Crippen LogP contribution in [-0.2, 0) is 22.9 Å². The molecule has 0 spiro atoms. The van der Waals surface area contributed by atoms with Crippen LogP contribution < -0.4 is 9.62 Å². The van der Waals surface area contributed by atoms with E-state index in [-0.39, 0.29) is 11.7 Å². The van der Waals surface area contributed by atoms with E-state index in [1.54, 1.807) is 24.3 Å². The quantitative estimate of drug-likeness (QED) is 0.845. The molecule has 144 valence electrons. The third kappa shape index (κ3) is 4.16. The van der Waals surface area contributed by atoms with Crippen molar-refractivity contribution >= 4 is 27.3 Å².